The molecule has 1 heterocycles. The predicted octanol–water partition coefficient (Wildman–Crippen LogP) is 3.81. The van der Waals surface area contributed by atoms with Crippen molar-refractivity contribution in [2.75, 3.05) is 44.8 Å². The number of rotatable bonds is 7. The minimum Gasteiger partial charge on any atom is -0.497 e. The number of benzene rings is 2. The van der Waals surface area contributed by atoms with Crippen LogP contribution in [0.3, 0.4) is 0 Å². The molecule has 0 aromatic heterocycles. The van der Waals surface area contributed by atoms with Gasteiger partial charge in [0, 0.05) is 38.4 Å². The molecule has 9 heteroatoms. The number of carbonyl (C=O) groups excluding carboxylic acids is 1. The van der Waals surface area contributed by atoms with Gasteiger partial charge in [-0.25, -0.2) is 4.79 Å². The Bertz CT molecular complexity index is 834. The fourth-order valence-electron chi connectivity index (χ4n) is 3.29. The van der Waals surface area contributed by atoms with Crippen LogP contribution in [0, 0.1) is 0 Å². The van der Waals surface area contributed by atoms with E-state index in [4.69, 9.17) is 4.74 Å². The number of halogens is 3. The number of ether oxygens (including phenoxy) is 2. The topological polar surface area (TPSA) is 54.0 Å². The van der Waals surface area contributed by atoms with Gasteiger partial charge in [-0.15, -0.1) is 0 Å². The molecular weight excluding hydrogens is 411 g/mol. The molecule has 3 rings (SSSR count). The standard InChI is InChI=1S/C22H26F3N3O3/c1-30-20-8-6-19(7-9-20)27-10-12-28(13-11-27)21(29)26-14-17-2-4-18(5-3-17)15-31-16-22(23,24)25/h2-9H,10-16H2,1H3,(H,26,29). The number of hydrogen-bond donors (Lipinski definition) is 1. The summed E-state index contributed by atoms with van der Waals surface area (Å²) in [6.45, 7) is 1.70. The summed E-state index contributed by atoms with van der Waals surface area (Å²) >= 11 is 0. The van der Waals surface area contributed by atoms with Crippen LogP contribution in [0.15, 0.2) is 48.5 Å². The van der Waals surface area contributed by atoms with Crippen LogP contribution >= 0.6 is 0 Å². The molecule has 1 saturated heterocycles. The van der Waals surface area contributed by atoms with Crippen molar-refractivity contribution in [3.63, 3.8) is 0 Å². The van der Waals surface area contributed by atoms with Crippen molar-refractivity contribution in [3.8, 4) is 5.75 Å². The molecule has 2 aromatic carbocycles. The smallest absolute Gasteiger partial charge is 0.411 e. The molecule has 0 atom stereocenters. The average molecular weight is 437 g/mol. The van der Waals surface area contributed by atoms with E-state index in [0.717, 1.165) is 30.1 Å². The minimum absolute atomic E-state index is 0.107. The maximum atomic E-state index is 12.5. The van der Waals surface area contributed by atoms with Crippen molar-refractivity contribution in [1.82, 2.24) is 10.2 Å². The Morgan fingerprint density at radius 3 is 2.16 bits per heavy atom. The summed E-state index contributed by atoms with van der Waals surface area (Å²) in [6, 6.07) is 14.7. The Morgan fingerprint density at radius 2 is 1.58 bits per heavy atom. The molecule has 0 bridgehead atoms. The zero-order valence-electron chi connectivity index (χ0n) is 17.3. The van der Waals surface area contributed by atoms with Gasteiger partial charge in [-0.3, -0.25) is 0 Å². The molecule has 0 aliphatic carbocycles. The summed E-state index contributed by atoms with van der Waals surface area (Å²) in [4.78, 5) is 16.5. The number of amides is 2. The monoisotopic (exact) mass is 437 g/mol. The fourth-order valence-corrected chi connectivity index (χ4v) is 3.29. The predicted molar refractivity (Wildman–Crippen MR) is 111 cm³/mol. The highest BCUT2D eigenvalue weighted by molar-refractivity contribution is 5.74. The summed E-state index contributed by atoms with van der Waals surface area (Å²) in [5.41, 5.74) is 2.61. The number of piperazine rings is 1. The lowest BCUT2D eigenvalue weighted by atomic mass is 10.1. The van der Waals surface area contributed by atoms with Crippen molar-refractivity contribution >= 4 is 11.7 Å². The van der Waals surface area contributed by atoms with E-state index < -0.39 is 12.8 Å². The lowest BCUT2D eigenvalue weighted by Crippen LogP contribution is -2.51. The van der Waals surface area contributed by atoms with Crippen molar-refractivity contribution in [2.24, 2.45) is 0 Å². The van der Waals surface area contributed by atoms with E-state index in [0.29, 0.717) is 25.2 Å². The maximum Gasteiger partial charge on any atom is 0.411 e. The summed E-state index contributed by atoms with van der Waals surface area (Å²) in [5, 5.41) is 2.89. The second kappa shape index (κ2) is 10.4. The largest absolute Gasteiger partial charge is 0.497 e. The molecule has 0 radical (unpaired) electrons. The van der Waals surface area contributed by atoms with Gasteiger partial charge in [0.1, 0.15) is 12.4 Å². The minimum atomic E-state index is -4.33. The molecule has 2 aromatic rings. The van der Waals surface area contributed by atoms with E-state index in [1.54, 1.807) is 36.3 Å². The lowest BCUT2D eigenvalue weighted by Gasteiger charge is -2.36. The van der Waals surface area contributed by atoms with Gasteiger partial charge in [-0.05, 0) is 35.4 Å². The SMILES string of the molecule is COc1ccc(N2CCN(C(=O)NCc3ccc(COCC(F)(F)F)cc3)CC2)cc1. The highest BCUT2D eigenvalue weighted by atomic mass is 19.4. The second-order valence-electron chi connectivity index (χ2n) is 7.26. The Labute approximate surface area is 179 Å². The molecule has 0 saturated carbocycles. The van der Waals surface area contributed by atoms with Crippen LogP contribution in [0.5, 0.6) is 5.75 Å². The van der Waals surface area contributed by atoms with Gasteiger partial charge in [-0.1, -0.05) is 24.3 Å². The van der Waals surface area contributed by atoms with Crippen LogP contribution in [-0.2, 0) is 17.9 Å². The second-order valence-corrected chi connectivity index (χ2v) is 7.26. The third-order valence-corrected chi connectivity index (χ3v) is 5.01. The van der Waals surface area contributed by atoms with E-state index in [1.807, 2.05) is 24.3 Å². The van der Waals surface area contributed by atoms with Gasteiger partial charge in [0.15, 0.2) is 0 Å². The van der Waals surface area contributed by atoms with Crippen LogP contribution in [0.2, 0.25) is 0 Å². The molecule has 1 fully saturated rings. The van der Waals surface area contributed by atoms with Crippen LogP contribution < -0.4 is 15.0 Å². The number of anilines is 1. The van der Waals surface area contributed by atoms with E-state index >= 15 is 0 Å². The zero-order chi connectivity index (χ0) is 22.3. The Morgan fingerprint density at radius 1 is 0.968 bits per heavy atom. The van der Waals surface area contributed by atoms with Crippen LogP contribution in [-0.4, -0.2) is 57.0 Å². The lowest BCUT2D eigenvalue weighted by molar-refractivity contribution is -0.176. The Kier molecular flexibility index (Phi) is 7.62. The molecule has 1 N–H and O–H groups in total. The Hall–Kier alpha value is -2.94. The first-order valence-electron chi connectivity index (χ1n) is 9.98. The van der Waals surface area contributed by atoms with Gasteiger partial charge < -0.3 is 24.6 Å². The normalized spacial score (nSPS) is 14.5. The van der Waals surface area contributed by atoms with Gasteiger partial charge in [0.25, 0.3) is 0 Å². The Balaban J connectivity index is 1.40. The third-order valence-electron chi connectivity index (χ3n) is 5.01. The molecule has 168 valence electrons. The van der Waals surface area contributed by atoms with Crippen molar-refractivity contribution < 1.29 is 27.4 Å². The fraction of sp³-hybridized carbons (Fsp3) is 0.409. The molecule has 0 spiro atoms. The summed E-state index contributed by atoms with van der Waals surface area (Å²) in [6.07, 6.45) is -4.33. The van der Waals surface area contributed by atoms with Crippen LogP contribution in [0.25, 0.3) is 0 Å². The van der Waals surface area contributed by atoms with Gasteiger partial charge in [-0.2, -0.15) is 13.2 Å². The van der Waals surface area contributed by atoms with Crippen molar-refractivity contribution in [3.05, 3.63) is 59.7 Å². The third kappa shape index (κ3) is 7.06. The van der Waals surface area contributed by atoms with Crippen LogP contribution in [0.1, 0.15) is 11.1 Å². The first-order chi connectivity index (χ1) is 14.8. The molecule has 2 amide bonds. The first-order valence-corrected chi connectivity index (χ1v) is 9.98. The number of hydrogen-bond acceptors (Lipinski definition) is 4. The molecule has 31 heavy (non-hydrogen) atoms. The van der Waals surface area contributed by atoms with Crippen molar-refractivity contribution in [1.29, 1.82) is 0 Å². The van der Waals surface area contributed by atoms with Gasteiger partial charge in [0.05, 0.1) is 13.7 Å². The average Bonchev–Trinajstić information content (AvgIpc) is 2.78. The quantitative estimate of drug-likeness (QED) is 0.716. The molecule has 6 nitrogen and oxygen atoms in total. The molecule has 1 aliphatic rings. The molecule has 1 aliphatic heterocycles. The highest BCUT2D eigenvalue weighted by Gasteiger charge is 2.27. The number of alkyl halides is 3. The summed E-state index contributed by atoms with van der Waals surface area (Å²) < 4.78 is 46.2. The molecular formula is C22H26F3N3O3. The van der Waals surface area contributed by atoms with E-state index in [9.17, 15) is 18.0 Å². The highest BCUT2D eigenvalue weighted by Crippen LogP contribution is 2.20. The number of nitrogens with one attached hydrogen (secondary N) is 1. The van der Waals surface area contributed by atoms with E-state index in [-0.39, 0.29) is 12.6 Å². The first kappa shape index (κ1) is 22.7. The number of carbonyl (C=O) groups is 1. The van der Waals surface area contributed by atoms with E-state index in [1.165, 1.54) is 0 Å². The maximum absolute atomic E-state index is 12.5. The number of urea groups is 1. The molecule has 0 unspecified atom stereocenters. The van der Waals surface area contributed by atoms with Crippen molar-refractivity contribution in [2.45, 2.75) is 19.3 Å². The van der Waals surface area contributed by atoms with Gasteiger partial charge >= 0.3 is 12.2 Å². The number of nitrogens with zero attached hydrogens (tertiary/aromatic N) is 2. The number of methoxy groups -OCH3 is 1. The van der Waals surface area contributed by atoms with Crippen LogP contribution in [0.4, 0.5) is 23.7 Å². The zero-order valence-corrected chi connectivity index (χ0v) is 17.3. The summed E-state index contributed by atoms with van der Waals surface area (Å²) in [5.74, 6) is 0.809. The van der Waals surface area contributed by atoms with Gasteiger partial charge in [0.2, 0.25) is 0 Å². The summed E-state index contributed by atoms with van der Waals surface area (Å²) in [7, 11) is 1.63. The van der Waals surface area contributed by atoms with E-state index in [2.05, 4.69) is 15.0 Å².